The van der Waals surface area contributed by atoms with Crippen molar-refractivity contribution >= 4 is 17.3 Å². The SMILES string of the molecule is CCOc1c(Nc2cccc(C(=O)NCCOCCOCCOC(OC)C(O)C(O)C(O)C(C)CO)c2)c(=O)c1=O. The molecule has 14 nitrogen and oxygen atoms in total. The number of carbonyl (C=O) groups excluding carboxylic acids is 1. The van der Waals surface area contributed by atoms with Crippen LogP contribution >= 0.6 is 0 Å². The van der Waals surface area contributed by atoms with E-state index in [1.54, 1.807) is 31.2 Å². The van der Waals surface area contributed by atoms with Gasteiger partial charge >= 0.3 is 0 Å². The van der Waals surface area contributed by atoms with Gasteiger partial charge in [0.25, 0.3) is 16.8 Å². The van der Waals surface area contributed by atoms with Gasteiger partial charge in [0.1, 0.15) is 17.9 Å². The first kappa shape index (κ1) is 34.3. The Balaban J connectivity index is 1.61. The zero-order valence-electron chi connectivity index (χ0n) is 23.4. The summed E-state index contributed by atoms with van der Waals surface area (Å²) in [4.78, 5) is 35.9. The molecule has 0 aliphatic carbocycles. The summed E-state index contributed by atoms with van der Waals surface area (Å²) in [5.74, 6) is -1.01. The van der Waals surface area contributed by atoms with Crippen LogP contribution in [0, 0.1) is 5.92 Å². The number of hydrogen-bond donors (Lipinski definition) is 6. The van der Waals surface area contributed by atoms with E-state index in [9.17, 15) is 29.7 Å². The Morgan fingerprint density at radius 3 is 2.29 bits per heavy atom. The molecule has 0 radical (unpaired) electrons. The maximum Gasteiger partial charge on any atom is 0.272 e. The third kappa shape index (κ3) is 10.1. The molecular formula is C27H40N2O12. The average molecular weight is 585 g/mol. The molecule has 0 aliphatic heterocycles. The molecule has 230 valence electrons. The highest BCUT2D eigenvalue weighted by atomic mass is 16.7. The number of rotatable bonds is 21. The van der Waals surface area contributed by atoms with Crippen molar-refractivity contribution in [2.45, 2.75) is 38.4 Å². The second-order valence-corrected chi connectivity index (χ2v) is 9.09. The number of carbonyl (C=O) groups is 1. The van der Waals surface area contributed by atoms with E-state index in [4.69, 9.17) is 28.8 Å². The van der Waals surface area contributed by atoms with Crippen LogP contribution in [0.15, 0.2) is 33.9 Å². The minimum atomic E-state index is -1.58. The van der Waals surface area contributed by atoms with Gasteiger partial charge in [-0.25, -0.2) is 0 Å². The number of methoxy groups -OCH3 is 1. The van der Waals surface area contributed by atoms with Gasteiger partial charge in [0.15, 0.2) is 12.0 Å². The van der Waals surface area contributed by atoms with E-state index >= 15 is 0 Å². The third-order valence-electron chi connectivity index (χ3n) is 6.05. The predicted octanol–water partition coefficient (Wildman–Crippen LogP) is -1.11. The number of anilines is 2. The monoisotopic (exact) mass is 584 g/mol. The molecule has 2 rings (SSSR count). The number of benzene rings is 1. The molecule has 2 aromatic rings. The Morgan fingerprint density at radius 2 is 1.63 bits per heavy atom. The average Bonchev–Trinajstić information content (AvgIpc) is 2.99. The Kier molecular flexibility index (Phi) is 14.8. The van der Waals surface area contributed by atoms with Crippen LogP contribution in [-0.2, 0) is 18.9 Å². The van der Waals surface area contributed by atoms with Crippen LogP contribution < -0.4 is 26.2 Å². The van der Waals surface area contributed by atoms with Crippen LogP contribution in [0.5, 0.6) is 5.75 Å². The summed E-state index contributed by atoms with van der Waals surface area (Å²) >= 11 is 0. The van der Waals surface area contributed by atoms with E-state index in [2.05, 4.69) is 10.6 Å². The molecule has 5 unspecified atom stereocenters. The number of hydrogen-bond acceptors (Lipinski definition) is 13. The fraction of sp³-hybridized carbons (Fsp3) is 0.593. The molecule has 1 amide bonds. The van der Waals surface area contributed by atoms with Gasteiger partial charge in [0.2, 0.25) is 0 Å². The first-order valence-corrected chi connectivity index (χ1v) is 13.2. The molecule has 2 aromatic carbocycles. The summed E-state index contributed by atoms with van der Waals surface area (Å²) < 4.78 is 26.4. The van der Waals surface area contributed by atoms with Gasteiger partial charge in [-0.15, -0.1) is 0 Å². The molecule has 41 heavy (non-hydrogen) atoms. The fourth-order valence-electron chi connectivity index (χ4n) is 3.65. The Bertz CT molecular complexity index is 1140. The molecule has 5 atom stereocenters. The highest BCUT2D eigenvalue weighted by Gasteiger charge is 2.34. The maximum absolute atomic E-state index is 12.5. The van der Waals surface area contributed by atoms with E-state index in [-0.39, 0.29) is 70.1 Å². The van der Waals surface area contributed by atoms with E-state index in [0.717, 1.165) is 0 Å². The zero-order chi connectivity index (χ0) is 30.4. The van der Waals surface area contributed by atoms with Gasteiger partial charge in [-0.3, -0.25) is 14.4 Å². The number of ether oxygens (including phenoxy) is 5. The summed E-state index contributed by atoms with van der Waals surface area (Å²) in [6, 6.07) is 6.45. The Morgan fingerprint density at radius 1 is 0.951 bits per heavy atom. The molecule has 0 spiro atoms. The molecule has 0 heterocycles. The Labute approximate surface area is 237 Å². The molecule has 0 saturated heterocycles. The number of aliphatic hydroxyl groups excluding tert-OH is 4. The molecule has 14 heteroatoms. The summed E-state index contributed by atoms with van der Waals surface area (Å²) in [6.45, 7) is 4.25. The summed E-state index contributed by atoms with van der Waals surface area (Å²) in [6.07, 6.45) is -5.68. The summed E-state index contributed by atoms with van der Waals surface area (Å²) in [5.41, 5.74) is -0.482. The smallest absolute Gasteiger partial charge is 0.272 e. The lowest BCUT2D eigenvalue weighted by atomic mass is 9.97. The van der Waals surface area contributed by atoms with Crippen molar-refractivity contribution in [3.05, 3.63) is 50.3 Å². The van der Waals surface area contributed by atoms with Gasteiger partial charge in [-0.1, -0.05) is 13.0 Å². The lowest BCUT2D eigenvalue weighted by Crippen LogP contribution is -2.49. The summed E-state index contributed by atoms with van der Waals surface area (Å²) in [5, 5.41) is 44.8. The van der Waals surface area contributed by atoms with Crippen molar-refractivity contribution in [3.8, 4) is 5.75 Å². The largest absolute Gasteiger partial charge is 0.488 e. The highest BCUT2D eigenvalue weighted by molar-refractivity contribution is 5.95. The minimum absolute atomic E-state index is 0.0143. The fourth-order valence-corrected chi connectivity index (χ4v) is 3.65. The van der Waals surface area contributed by atoms with E-state index < -0.39 is 41.4 Å². The van der Waals surface area contributed by atoms with Crippen LogP contribution in [0.25, 0.3) is 0 Å². The van der Waals surface area contributed by atoms with Gasteiger partial charge in [-0.2, -0.15) is 0 Å². The first-order valence-electron chi connectivity index (χ1n) is 13.2. The molecule has 0 bridgehead atoms. The third-order valence-corrected chi connectivity index (χ3v) is 6.05. The maximum atomic E-state index is 12.5. The van der Waals surface area contributed by atoms with E-state index in [1.807, 2.05) is 0 Å². The van der Waals surface area contributed by atoms with E-state index in [1.165, 1.54) is 14.0 Å². The standard InChI is InChI=1S/C27H40N2O12/c1-4-40-25-19(21(32)23(25)34)29-18-7-5-6-17(14-18)26(36)28-8-9-38-10-11-39-12-13-41-27(37-3)24(35)22(33)20(31)16(2)15-30/h5-7,14,16,20,22,24,27,29-31,33,35H,4,8-13,15H2,1-3H3,(H,28,36). The van der Waals surface area contributed by atoms with Crippen molar-refractivity contribution in [2.75, 3.05) is 65.2 Å². The van der Waals surface area contributed by atoms with Gasteiger partial charge in [0.05, 0.1) is 45.7 Å². The van der Waals surface area contributed by atoms with Crippen LogP contribution in [-0.4, -0.2) is 111 Å². The van der Waals surface area contributed by atoms with Crippen LogP contribution in [0.1, 0.15) is 24.2 Å². The second-order valence-electron chi connectivity index (χ2n) is 9.09. The molecule has 0 aliphatic rings. The van der Waals surface area contributed by atoms with Crippen LogP contribution in [0.2, 0.25) is 0 Å². The second kappa shape index (κ2) is 17.8. The van der Waals surface area contributed by atoms with E-state index in [0.29, 0.717) is 11.3 Å². The van der Waals surface area contributed by atoms with Gasteiger partial charge in [-0.05, 0) is 25.1 Å². The van der Waals surface area contributed by atoms with Crippen LogP contribution in [0.3, 0.4) is 0 Å². The normalized spacial score (nSPS) is 15.2. The number of nitrogens with one attached hydrogen (secondary N) is 2. The quantitative estimate of drug-likeness (QED) is 0.0586. The van der Waals surface area contributed by atoms with Crippen molar-refractivity contribution < 1.29 is 48.9 Å². The molecule has 0 saturated carbocycles. The molecule has 6 N–H and O–H groups in total. The Hall–Kier alpha value is -2.95. The highest BCUT2D eigenvalue weighted by Crippen LogP contribution is 2.23. The van der Waals surface area contributed by atoms with Crippen LogP contribution in [0.4, 0.5) is 11.4 Å². The molecule has 0 fully saturated rings. The topological polar surface area (TPSA) is 202 Å². The number of amides is 1. The predicted molar refractivity (Wildman–Crippen MR) is 147 cm³/mol. The lowest BCUT2D eigenvalue weighted by molar-refractivity contribution is -0.222. The van der Waals surface area contributed by atoms with Crippen molar-refractivity contribution in [1.29, 1.82) is 0 Å². The summed E-state index contributed by atoms with van der Waals surface area (Å²) in [7, 11) is 1.28. The molecular weight excluding hydrogens is 544 g/mol. The first-order chi connectivity index (χ1) is 19.7. The van der Waals surface area contributed by atoms with Crippen molar-refractivity contribution in [1.82, 2.24) is 5.32 Å². The zero-order valence-corrected chi connectivity index (χ0v) is 23.4. The van der Waals surface area contributed by atoms with Crippen molar-refractivity contribution in [2.24, 2.45) is 5.92 Å². The minimum Gasteiger partial charge on any atom is -0.488 e. The lowest BCUT2D eigenvalue weighted by Gasteiger charge is -2.30. The van der Waals surface area contributed by atoms with Gasteiger partial charge < -0.3 is 54.7 Å². The number of aliphatic hydroxyl groups is 4. The van der Waals surface area contributed by atoms with Crippen molar-refractivity contribution in [3.63, 3.8) is 0 Å². The molecule has 0 aromatic heterocycles. The van der Waals surface area contributed by atoms with Gasteiger partial charge in [0, 0.05) is 37.4 Å².